The normalized spacial score (nSPS) is 21.2. The number of anilines is 1. The second-order valence-corrected chi connectivity index (χ2v) is 6.01. The highest BCUT2D eigenvalue weighted by Crippen LogP contribution is 2.23. The van der Waals surface area contributed by atoms with Gasteiger partial charge in [0.1, 0.15) is 6.04 Å². The van der Waals surface area contributed by atoms with Crippen LogP contribution in [-0.2, 0) is 4.79 Å². The lowest BCUT2D eigenvalue weighted by atomic mass is 10.2. The number of hydrogen-bond acceptors (Lipinski definition) is 2. The van der Waals surface area contributed by atoms with Crippen LogP contribution in [0.2, 0.25) is 5.02 Å². The Morgan fingerprint density at radius 2 is 1.86 bits per heavy atom. The second kappa shape index (κ2) is 5.93. The van der Waals surface area contributed by atoms with E-state index in [0.717, 1.165) is 19.3 Å². The van der Waals surface area contributed by atoms with Crippen molar-refractivity contribution in [1.29, 1.82) is 0 Å². The first kappa shape index (κ1) is 14.2. The van der Waals surface area contributed by atoms with E-state index in [1.807, 2.05) is 0 Å². The molecule has 112 valence electrons. The van der Waals surface area contributed by atoms with Gasteiger partial charge in [-0.05, 0) is 49.9 Å². The Morgan fingerprint density at radius 1 is 1.14 bits per heavy atom. The number of urea groups is 1. The van der Waals surface area contributed by atoms with Crippen molar-refractivity contribution in [3.63, 3.8) is 0 Å². The summed E-state index contributed by atoms with van der Waals surface area (Å²) < 4.78 is 0. The first-order chi connectivity index (χ1) is 10.1. The van der Waals surface area contributed by atoms with Crippen molar-refractivity contribution in [2.24, 2.45) is 0 Å². The number of nitrogens with one attached hydrogen (secondary N) is 2. The molecule has 1 saturated carbocycles. The summed E-state index contributed by atoms with van der Waals surface area (Å²) in [5, 5.41) is 6.41. The van der Waals surface area contributed by atoms with Gasteiger partial charge in [-0.2, -0.15) is 0 Å². The third-order valence-electron chi connectivity index (χ3n) is 3.83. The number of halogens is 1. The van der Waals surface area contributed by atoms with Gasteiger partial charge in [0.25, 0.3) is 0 Å². The van der Waals surface area contributed by atoms with Crippen LogP contribution in [0.4, 0.5) is 10.5 Å². The molecular weight excluding hydrogens is 290 g/mol. The highest BCUT2D eigenvalue weighted by Gasteiger charge is 2.36. The third-order valence-corrected chi connectivity index (χ3v) is 4.08. The number of hydrogen-bond donors (Lipinski definition) is 2. The Balaban J connectivity index is 1.62. The molecule has 5 nitrogen and oxygen atoms in total. The molecule has 2 aliphatic rings. The Kier molecular flexibility index (Phi) is 4.01. The van der Waals surface area contributed by atoms with Crippen LogP contribution in [0.3, 0.4) is 0 Å². The smallest absolute Gasteiger partial charge is 0.318 e. The molecule has 21 heavy (non-hydrogen) atoms. The maximum atomic E-state index is 12.4. The van der Waals surface area contributed by atoms with Gasteiger partial charge >= 0.3 is 6.03 Å². The monoisotopic (exact) mass is 307 g/mol. The topological polar surface area (TPSA) is 61.4 Å². The fourth-order valence-electron chi connectivity index (χ4n) is 2.53. The Morgan fingerprint density at radius 3 is 2.52 bits per heavy atom. The minimum Gasteiger partial charge on any atom is -0.335 e. The molecule has 1 aromatic carbocycles. The fourth-order valence-corrected chi connectivity index (χ4v) is 2.65. The number of carbonyl (C=O) groups excluding carboxylic acids is 2. The molecule has 1 atom stereocenters. The Hall–Kier alpha value is -1.75. The quantitative estimate of drug-likeness (QED) is 0.901. The van der Waals surface area contributed by atoms with Crippen molar-refractivity contribution in [2.45, 2.75) is 37.8 Å². The number of rotatable bonds is 3. The zero-order valence-electron chi connectivity index (χ0n) is 11.6. The van der Waals surface area contributed by atoms with E-state index in [4.69, 9.17) is 11.6 Å². The third kappa shape index (κ3) is 3.47. The molecule has 1 saturated heterocycles. The SMILES string of the molecule is O=C(Nc1ccc(Cl)cc1)[C@@H]1CCCN1C(=O)NC1CC1. The van der Waals surface area contributed by atoms with Crippen molar-refractivity contribution in [1.82, 2.24) is 10.2 Å². The molecule has 1 aromatic rings. The number of nitrogens with zero attached hydrogens (tertiary/aromatic N) is 1. The number of benzene rings is 1. The number of carbonyl (C=O) groups is 2. The van der Waals surface area contributed by atoms with Crippen LogP contribution in [-0.4, -0.2) is 35.5 Å². The molecule has 3 rings (SSSR count). The number of likely N-dealkylation sites (tertiary alicyclic amines) is 1. The summed E-state index contributed by atoms with van der Waals surface area (Å²) in [5.41, 5.74) is 0.693. The van der Waals surface area contributed by atoms with E-state index in [9.17, 15) is 9.59 Å². The van der Waals surface area contributed by atoms with Crippen LogP contribution in [0.5, 0.6) is 0 Å². The van der Waals surface area contributed by atoms with Crippen LogP contribution in [0.15, 0.2) is 24.3 Å². The van der Waals surface area contributed by atoms with Crippen LogP contribution < -0.4 is 10.6 Å². The van der Waals surface area contributed by atoms with Gasteiger partial charge in [-0.3, -0.25) is 4.79 Å². The van der Waals surface area contributed by atoms with E-state index in [0.29, 0.717) is 29.7 Å². The average Bonchev–Trinajstić information content (AvgIpc) is 3.13. The van der Waals surface area contributed by atoms with Crippen LogP contribution in [0.1, 0.15) is 25.7 Å². The molecule has 1 heterocycles. The van der Waals surface area contributed by atoms with Crippen molar-refractivity contribution >= 4 is 29.2 Å². The van der Waals surface area contributed by atoms with Crippen molar-refractivity contribution in [3.8, 4) is 0 Å². The summed E-state index contributed by atoms with van der Waals surface area (Å²) >= 11 is 5.82. The molecule has 2 N–H and O–H groups in total. The van der Waals surface area contributed by atoms with Gasteiger partial charge in [0.2, 0.25) is 5.91 Å². The molecule has 6 heteroatoms. The summed E-state index contributed by atoms with van der Waals surface area (Å²) in [4.78, 5) is 26.1. The lowest BCUT2D eigenvalue weighted by Crippen LogP contribution is -2.48. The minimum atomic E-state index is -0.389. The molecule has 0 spiro atoms. The summed E-state index contributed by atoms with van der Waals surface area (Å²) in [5.74, 6) is -0.138. The summed E-state index contributed by atoms with van der Waals surface area (Å²) in [7, 11) is 0. The molecule has 0 radical (unpaired) electrons. The van der Waals surface area contributed by atoms with Gasteiger partial charge in [0.15, 0.2) is 0 Å². The first-order valence-corrected chi connectivity index (χ1v) is 7.65. The highest BCUT2D eigenvalue weighted by molar-refractivity contribution is 6.30. The zero-order chi connectivity index (χ0) is 14.8. The lowest BCUT2D eigenvalue weighted by molar-refractivity contribution is -0.119. The molecule has 0 bridgehead atoms. The van der Waals surface area contributed by atoms with E-state index in [1.165, 1.54) is 0 Å². The lowest BCUT2D eigenvalue weighted by Gasteiger charge is -2.24. The fraction of sp³-hybridized carbons (Fsp3) is 0.467. The predicted molar refractivity (Wildman–Crippen MR) is 81.4 cm³/mol. The van der Waals surface area contributed by atoms with E-state index in [-0.39, 0.29) is 18.0 Å². The number of amides is 3. The van der Waals surface area contributed by atoms with E-state index < -0.39 is 0 Å². The van der Waals surface area contributed by atoms with Crippen LogP contribution >= 0.6 is 11.6 Å². The van der Waals surface area contributed by atoms with Crippen LogP contribution in [0.25, 0.3) is 0 Å². The average molecular weight is 308 g/mol. The van der Waals surface area contributed by atoms with E-state index in [1.54, 1.807) is 29.2 Å². The Labute approximate surface area is 128 Å². The zero-order valence-corrected chi connectivity index (χ0v) is 12.4. The summed E-state index contributed by atoms with van der Waals surface area (Å²) in [6.07, 6.45) is 3.65. The first-order valence-electron chi connectivity index (χ1n) is 7.27. The molecule has 3 amide bonds. The van der Waals surface area contributed by atoms with Gasteiger partial charge in [-0.1, -0.05) is 11.6 Å². The molecule has 1 aliphatic carbocycles. The van der Waals surface area contributed by atoms with Gasteiger partial charge < -0.3 is 15.5 Å². The van der Waals surface area contributed by atoms with E-state index >= 15 is 0 Å². The Bertz CT molecular complexity index is 542. The summed E-state index contributed by atoms with van der Waals surface area (Å²) in [6.45, 7) is 0.636. The van der Waals surface area contributed by atoms with Gasteiger partial charge in [0.05, 0.1) is 0 Å². The minimum absolute atomic E-state index is 0.119. The molecule has 0 aromatic heterocycles. The van der Waals surface area contributed by atoms with Crippen molar-refractivity contribution < 1.29 is 9.59 Å². The molecule has 1 aliphatic heterocycles. The maximum Gasteiger partial charge on any atom is 0.318 e. The van der Waals surface area contributed by atoms with E-state index in [2.05, 4.69) is 10.6 Å². The van der Waals surface area contributed by atoms with Crippen molar-refractivity contribution in [3.05, 3.63) is 29.3 Å². The standard InChI is InChI=1S/C15H18ClN3O2/c16-10-3-5-11(6-4-10)17-14(20)13-2-1-9-19(13)15(21)18-12-7-8-12/h3-6,12-13H,1-2,7-9H2,(H,17,20)(H,18,21)/t13-/m0/s1. The van der Waals surface area contributed by atoms with Crippen molar-refractivity contribution in [2.75, 3.05) is 11.9 Å². The maximum absolute atomic E-state index is 12.4. The van der Waals surface area contributed by atoms with Gasteiger partial charge in [0, 0.05) is 23.3 Å². The second-order valence-electron chi connectivity index (χ2n) is 5.57. The largest absolute Gasteiger partial charge is 0.335 e. The molecular formula is C15H18ClN3O2. The highest BCUT2D eigenvalue weighted by atomic mass is 35.5. The van der Waals surface area contributed by atoms with Gasteiger partial charge in [-0.25, -0.2) is 4.79 Å². The summed E-state index contributed by atoms with van der Waals surface area (Å²) in [6, 6.07) is 6.75. The predicted octanol–water partition coefficient (Wildman–Crippen LogP) is 2.61. The molecule has 2 fully saturated rings. The molecule has 0 unspecified atom stereocenters. The van der Waals surface area contributed by atoms with Crippen LogP contribution in [0, 0.1) is 0 Å². The van der Waals surface area contributed by atoms with Gasteiger partial charge in [-0.15, -0.1) is 0 Å².